The maximum Gasteiger partial charge on any atom is 0.305 e. The predicted molar refractivity (Wildman–Crippen MR) is 338 cm³/mol. The van der Waals surface area contributed by atoms with Crippen molar-refractivity contribution >= 4 is 11.9 Å². The summed E-state index contributed by atoms with van der Waals surface area (Å²) in [7, 11) is 0. The van der Waals surface area contributed by atoms with Crippen LogP contribution in [0.5, 0.6) is 0 Å². The van der Waals surface area contributed by atoms with E-state index in [2.05, 4.69) is 43.5 Å². The maximum atomic E-state index is 12.5. The zero-order chi connectivity index (χ0) is 55.7. The number of nitrogens with one attached hydrogen (secondary N) is 1. The molecule has 0 aliphatic rings. The van der Waals surface area contributed by atoms with Gasteiger partial charge in [-0.05, 0) is 57.8 Å². The number of ether oxygens (including phenoxy) is 1. The van der Waals surface area contributed by atoms with Crippen molar-refractivity contribution in [2.45, 2.75) is 405 Å². The van der Waals surface area contributed by atoms with E-state index in [0.717, 1.165) is 44.9 Å². The highest BCUT2D eigenvalue weighted by atomic mass is 16.5. The second-order valence-corrected chi connectivity index (χ2v) is 24.2. The van der Waals surface area contributed by atoms with Crippen LogP contribution in [0.15, 0.2) is 24.3 Å². The van der Waals surface area contributed by atoms with Gasteiger partial charge in [0.05, 0.1) is 25.4 Å². The molecule has 6 heteroatoms. The Morgan fingerprint density at radius 1 is 0.364 bits per heavy atom. The largest absolute Gasteiger partial charge is 0.466 e. The fraction of sp³-hybridized carbons (Fsp3) is 0.915. The molecule has 6 nitrogen and oxygen atoms in total. The average Bonchev–Trinajstić information content (AvgIpc) is 3.43. The molecule has 2 atom stereocenters. The van der Waals surface area contributed by atoms with Crippen molar-refractivity contribution in [3.63, 3.8) is 0 Å². The van der Waals surface area contributed by atoms with Crippen molar-refractivity contribution in [1.82, 2.24) is 5.32 Å². The molecule has 2 unspecified atom stereocenters. The third kappa shape index (κ3) is 63.4. The van der Waals surface area contributed by atoms with E-state index in [4.69, 9.17) is 4.74 Å². The van der Waals surface area contributed by atoms with Gasteiger partial charge in [-0.1, -0.05) is 346 Å². The molecule has 77 heavy (non-hydrogen) atoms. The van der Waals surface area contributed by atoms with Crippen LogP contribution in [-0.2, 0) is 14.3 Å². The Bertz CT molecular complexity index is 1200. The summed E-state index contributed by atoms with van der Waals surface area (Å²) in [6.45, 7) is 4.97. The molecular formula is C71H137NO5. The van der Waals surface area contributed by atoms with Crippen molar-refractivity contribution in [3.05, 3.63) is 24.3 Å². The van der Waals surface area contributed by atoms with Gasteiger partial charge in [0, 0.05) is 12.8 Å². The average molecular weight is 1080 g/mol. The number of amides is 1. The van der Waals surface area contributed by atoms with Crippen LogP contribution in [0.25, 0.3) is 0 Å². The molecule has 0 fully saturated rings. The summed E-state index contributed by atoms with van der Waals surface area (Å²) in [4.78, 5) is 24.5. The Kier molecular flexibility index (Phi) is 65.4. The van der Waals surface area contributed by atoms with Crippen LogP contribution in [0, 0.1) is 0 Å². The second-order valence-electron chi connectivity index (χ2n) is 24.2. The monoisotopic (exact) mass is 1080 g/mol. The SMILES string of the molecule is CCCCCCCCCCCCCCCCC(=O)OCCCCCCCCCCCCC/C=C\C/C=C\CCCCCCCCCCCCCCCCCCCC(=O)NC(CO)C(O)CCCCCCCCCCCCC. The quantitative estimate of drug-likeness (QED) is 0.0320. The van der Waals surface area contributed by atoms with Gasteiger partial charge in [0.25, 0.3) is 0 Å². The van der Waals surface area contributed by atoms with Gasteiger partial charge in [0.15, 0.2) is 0 Å². The molecular weight excluding hydrogens is 947 g/mol. The van der Waals surface area contributed by atoms with Gasteiger partial charge in [0.2, 0.25) is 5.91 Å². The summed E-state index contributed by atoms with van der Waals surface area (Å²) in [5.74, 6) is -0.0122. The summed E-state index contributed by atoms with van der Waals surface area (Å²) in [5, 5.41) is 23.2. The molecule has 0 radical (unpaired) electrons. The van der Waals surface area contributed by atoms with Gasteiger partial charge in [-0.25, -0.2) is 0 Å². The van der Waals surface area contributed by atoms with Crippen LogP contribution in [0.1, 0.15) is 393 Å². The molecule has 0 aliphatic carbocycles. The first kappa shape index (κ1) is 75.3. The molecule has 0 saturated carbocycles. The number of unbranched alkanes of at least 4 members (excludes halogenated alkanes) is 51. The first-order chi connectivity index (χ1) is 38.0. The lowest BCUT2D eigenvalue weighted by Crippen LogP contribution is -2.45. The zero-order valence-electron chi connectivity index (χ0n) is 52.2. The summed E-state index contributed by atoms with van der Waals surface area (Å²) < 4.78 is 5.49. The Morgan fingerprint density at radius 3 is 0.987 bits per heavy atom. The molecule has 3 N–H and O–H groups in total. The summed E-state index contributed by atoms with van der Waals surface area (Å²) >= 11 is 0. The van der Waals surface area contributed by atoms with Gasteiger partial charge in [0.1, 0.15) is 0 Å². The van der Waals surface area contributed by atoms with Gasteiger partial charge >= 0.3 is 5.97 Å². The lowest BCUT2D eigenvalue weighted by molar-refractivity contribution is -0.143. The van der Waals surface area contributed by atoms with Crippen molar-refractivity contribution in [2.24, 2.45) is 0 Å². The molecule has 0 aromatic heterocycles. The Hall–Kier alpha value is -1.66. The highest BCUT2D eigenvalue weighted by Gasteiger charge is 2.20. The number of allylic oxidation sites excluding steroid dienone is 4. The number of hydrogen-bond acceptors (Lipinski definition) is 5. The molecule has 0 heterocycles. The van der Waals surface area contributed by atoms with Crippen LogP contribution < -0.4 is 5.32 Å². The van der Waals surface area contributed by atoms with E-state index in [1.807, 2.05) is 0 Å². The second kappa shape index (κ2) is 66.8. The van der Waals surface area contributed by atoms with Crippen LogP contribution in [0.3, 0.4) is 0 Å². The van der Waals surface area contributed by atoms with E-state index >= 15 is 0 Å². The van der Waals surface area contributed by atoms with Crippen LogP contribution in [-0.4, -0.2) is 47.4 Å². The first-order valence-electron chi connectivity index (χ1n) is 35.1. The number of carbonyl (C=O) groups is 2. The molecule has 0 rings (SSSR count). The third-order valence-electron chi connectivity index (χ3n) is 16.5. The molecule has 0 bridgehead atoms. The Balaban J connectivity index is 3.34. The minimum atomic E-state index is -0.661. The highest BCUT2D eigenvalue weighted by Crippen LogP contribution is 2.19. The highest BCUT2D eigenvalue weighted by molar-refractivity contribution is 5.76. The number of carbonyl (C=O) groups excluding carboxylic acids is 2. The van der Waals surface area contributed by atoms with Crippen molar-refractivity contribution in [2.75, 3.05) is 13.2 Å². The number of aliphatic hydroxyl groups excluding tert-OH is 2. The van der Waals surface area contributed by atoms with Crippen molar-refractivity contribution < 1.29 is 24.5 Å². The van der Waals surface area contributed by atoms with Crippen LogP contribution >= 0.6 is 0 Å². The van der Waals surface area contributed by atoms with E-state index in [-0.39, 0.29) is 18.5 Å². The normalized spacial score (nSPS) is 12.6. The summed E-state index contributed by atoms with van der Waals surface area (Å²) in [5.41, 5.74) is 0. The summed E-state index contributed by atoms with van der Waals surface area (Å²) in [6, 6.07) is -0.538. The zero-order valence-corrected chi connectivity index (χ0v) is 52.2. The van der Waals surface area contributed by atoms with Crippen molar-refractivity contribution in [1.29, 1.82) is 0 Å². The van der Waals surface area contributed by atoms with Crippen LogP contribution in [0.2, 0.25) is 0 Å². The predicted octanol–water partition coefficient (Wildman–Crippen LogP) is 22.5. The fourth-order valence-corrected chi connectivity index (χ4v) is 11.1. The molecule has 0 saturated heterocycles. The van der Waals surface area contributed by atoms with Crippen molar-refractivity contribution in [3.8, 4) is 0 Å². The van der Waals surface area contributed by atoms with E-state index in [9.17, 15) is 19.8 Å². The number of esters is 1. The minimum absolute atomic E-state index is 0.0196. The lowest BCUT2D eigenvalue weighted by Gasteiger charge is -2.22. The molecule has 0 aromatic rings. The minimum Gasteiger partial charge on any atom is -0.466 e. The smallest absolute Gasteiger partial charge is 0.305 e. The lowest BCUT2D eigenvalue weighted by atomic mass is 10.0. The van der Waals surface area contributed by atoms with Gasteiger partial charge in [-0.15, -0.1) is 0 Å². The number of aliphatic hydroxyl groups is 2. The topological polar surface area (TPSA) is 95.9 Å². The molecule has 0 spiro atoms. The van der Waals surface area contributed by atoms with E-state index in [1.165, 1.54) is 315 Å². The molecule has 456 valence electrons. The summed E-state index contributed by atoms with van der Waals surface area (Å²) in [6.07, 6.45) is 83.8. The van der Waals surface area contributed by atoms with E-state index in [0.29, 0.717) is 25.9 Å². The third-order valence-corrected chi connectivity index (χ3v) is 16.5. The van der Waals surface area contributed by atoms with Gasteiger partial charge in [-0.2, -0.15) is 0 Å². The van der Waals surface area contributed by atoms with E-state index in [1.54, 1.807) is 0 Å². The molecule has 1 amide bonds. The molecule has 0 aromatic carbocycles. The van der Waals surface area contributed by atoms with Crippen LogP contribution in [0.4, 0.5) is 0 Å². The molecule has 0 aliphatic heterocycles. The maximum absolute atomic E-state index is 12.5. The van der Waals surface area contributed by atoms with Gasteiger partial charge in [-0.3, -0.25) is 9.59 Å². The number of hydrogen-bond donors (Lipinski definition) is 3. The van der Waals surface area contributed by atoms with E-state index < -0.39 is 12.1 Å². The number of rotatable bonds is 66. The first-order valence-corrected chi connectivity index (χ1v) is 35.1. The Morgan fingerprint density at radius 2 is 0.649 bits per heavy atom. The fourth-order valence-electron chi connectivity index (χ4n) is 11.1. The Labute approximate surface area is 481 Å². The standard InChI is InChI=1S/C71H137NO5/c1-3-5-7-9-11-13-15-16-41-45-49-53-57-61-65-71(76)77-66-62-58-54-50-46-42-39-37-35-33-31-29-27-25-23-21-19-17-18-20-22-24-26-28-30-32-34-36-38-40-44-48-52-56-60-64-70(75)72-68(67-73)69(74)63-59-55-51-47-43-14-12-10-8-6-4-2/h19,21,25,27,68-69,73-74H,3-18,20,22-24,26,28-67H2,1-2H3,(H,72,75)/b21-19-,27-25-. The van der Waals surface area contributed by atoms with Gasteiger partial charge < -0.3 is 20.3 Å².